The van der Waals surface area contributed by atoms with Crippen molar-refractivity contribution in [3.63, 3.8) is 0 Å². The first-order chi connectivity index (χ1) is 11.7. The standard InChI is InChI=1S/C19H26N4O/c20-18-21-11-17(12-22-18)13-23-10-4-8-19(14-23,15-24)9-7-16-5-2-1-3-6-16/h1-3,5-6,11-12,24H,4,7-10,13-15H2,(H2,20,21,22). The summed E-state index contributed by atoms with van der Waals surface area (Å²) in [6.07, 6.45) is 7.82. The molecule has 0 amide bonds. The molecule has 5 heteroatoms. The molecule has 0 spiro atoms. The maximum atomic E-state index is 10.1. The zero-order valence-electron chi connectivity index (χ0n) is 14.1. The number of aryl methyl sites for hydroxylation is 1. The van der Waals surface area contributed by atoms with Crippen LogP contribution in [-0.2, 0) is 13.0 Å². The number of benzene rings is 1. The third-order valence-electron chi connectivity index (χ3n) is 4.99. The van der Waals surface area contributed by atoms with Crippen molar-refractivity contribution >= 4 is 5.95 Å². The Morgan fingerprint density at radius 1 is 1.12 bits per heavy atom. The first kappa shape index (κ1) is 16.9. The van der Waals surface area contributed by atoms with Crippen LogP contribution in [-0.4, -0.2) is 39.7 Å². The Morgan fingerprint density at radius 2 is 1.88 bits per heavy atom. The first-order valence-corrected chi connectivity index (χ1v) is 8.63. The number of nitrogen functional groups attached to an aromatic ring is 1. The van der Waals surface area contributed by atoms with Crippen LogP contribution in [0.4, 0.5) is 5.95 Å². The van der Waals surface area contributed by atoms with E-state index in [1.54, 1.807) is 12.4 Å². The summed E-state index contributed by atoms with van der Waals surface area (Å²) >= 11 is 0. The molecule has 2 heterocycles. The Hall–Kier alpha value is -1.98. The molecule has 3 rings (SSSR count). The van der Waals surface area contributed by atoms with Crippen LogP contribution in [0.3, 0.4) is 0 Å². The lowest BCUT2D eigenvalue weighted by atomic mass is 9.76. The molecule has 1 aliphatic rings. The number of piperidine rings is 1. The van der Waals surface area contributed by atoms with Crippen molar-refractivity contribution in [2.75, 3.05) is 25.4 Å². The summed E-state index contributed by atoms with van der Waals surface area (Å²) in [7, 11) is 0. The number of nitrogens with zero attached hydrogens (tertiary/aromatic N) is 3. The molecular formula is C19H26N4O. The minimum absolute atomic E-state index is 0.0112. The van der Waals surface area contributed by atoms with Gasteiger partial charge in [0, 0.05) is 43.1 Å². The van der Waals surface area contributed by atoms with Crippen LogP contribution in [0.1, 0.15) is 30.4 Å². The number of aliphatic hydroxyl groups excluding tert-OH is 1. The first-order valence-electron chi connectivity index (χ1n) is 8.63. The van der Waals surface area contributed by atoms with Crippen LogP contribution in [0.15, 0.2) is 42.7 Å². The fourth-order valence-electron chi connectivity index (χ4n) is 3.62. The monoisotopic (exact) mass is 326 g/mol. The lowest BCUT2D eigenvalue weighted by Gasteiger charge is -2.42. The number of likely N-dealkylation sites (tertiary alicyclic amines) is 1. The third-order valence-corrected chi connectivity index (χ3v) is 4.99. The molecule has 1 saturated heterocycles. The van der Waals surface area contributed by atoms with Crippen molar-refractivity contribution in [1.82, 2.24) is 14.9 Å². The highest BCUT2D eigenvalue weighted by atomic mass is 16.3. The van der Waals surface area contributed by atoms with Crippen molar-refractivity contribution in [2.24, 2.45) is 5.41 Å². The van der Waals surface area contributed by atoms with Gasteiger partial charge in [-0.05, 0) is 37.8 Å². The van der Waals surface area contributed by atoms with Gasteiger partial charge in [0.15, 0.2) is 0 Å². The second kappa shape index (κ2) is 7.73. The van der Waals surface area contributed by atoms with Crippen molar-refractivity contribution in [3.8, 4) is 0 Å². The fourth-order valence-corrected chi connectivity index (χ4v) is 3.62. The van der Waals surface area contributed by atoms with Gasteiger partial charge < -0.3 is 10.8 Å². The number of hydrogen-bond acceptors (Lipinski definition) is 5. The molecule has 1 aromatic heterocycles. The van der Waals surface area contributed by atoms with E-state index in [0.717, 1.165) is 50.9 Å². The summed E-state index contributed by atoms with van der Waals surface area (Å²) in [6, 6.07) is 10.5. The van der Waals surface area contributed by atoms with Gasteiger partial charge in [-0.3, -0.25) is 4.90 Å². The highest BCUT2D eigenvalue weighted by Crippen LogP contribution is 2.34. The predicted octanol–water partition coefficient (Wildman–Crippen LogP) is 2.27. The Balaban J connectivity index is 1.62. The van der Waals surface area contributed by atoms with Crippen LogP contribution in [0.2, 0.25) is 0 Å². The van der Waals surface area contributed by atoms with Gasteiger partial charge in [0.2, 0.25) is 5.95 Å². The molecule has 0 saturated carbocycles. The molecule has 1 unspecified atom stereocenters. The second-order valence-corrected chi connectivity index (χ2v) is 6.91. The number of aromatic nitrogens is 2. The van der Waals surface area contributed by atoms with E-state index in [0.29, 0.717) is 5.95 Å². The summed E-state index contributed by atoms with van der Waals surface area (Å²) in [6.45, 7) is 3.03. The molecule has 1 aromatic carbocycles. The number of aliphatic hydroxyl groups is 1. The van der Waals surface area contributed by atoms with E-state index in [2.05, 4.69) is 39.1 Å². The van der Waals surface area contributed by atoms with Gasteiger partial charge in [0.05, 0.1) is 0 Å². The van der Waals surface area contributed by atoms with Crippen LogP contribution >= 0.6 is 0 Å². The summed E-state index contributed by atoms with van der Waals surface area (Å²) in [4.78, 5) is 10.5. The molecule has 1 aliphatic heterocycles. The Morgan fingerprint density at radius 3 is 2.58 bits per heavy atom. The Kier molecular flexibility index (Phi) is 5.43. The summed E-state index contributed by atoms with van der Waals surface area (Å²) in [5, 5.41) is 10.1. The van der Waals surface area contributed by atoms with Gasteiger partial charge in [-0.15, -0.1) is 0 Å². The van der Waals surface area contributed by atoms with E-state index in [9.17, 15) is 5.11 Å². The molecule has 1 fully saturated rings. The fraction of sp³-hybridized carbons (Fsp3) is 0.474. The Bertz CT molecular complexity index is 632. The van der Waals surface area contributed by atoms with Crippen molar-refractivity contribution < 1.29 is 5.11 Å². The topological polar surface area (TPSA) is 75.3 Å². The van der Waals surface area contributed by atoms with E-state index in [4.69, 9.17) is 5.73 Å². The molecule has 5 nitrogen and oxygen atoms in total. The molecule has 1 atom stereocenters. The molecule has 0 aliphatic carbocycles. The van der Waals surface area contributed by atoms with Gasteiger partial charge in [-0.25, -0.2) is 9.97 Å². The second-order valence-electron chi connectivity index (χ2n) is 6.91. The number of nitrogens with two attached hydrogens (primary N) is 1. The SMILES string of the molecule is Nc1ncc(CN2CCCC(CO)(CCc3ccccc3)C2)cn1. The maximum absolute atomic E-state index is 10.1. The van der Waals surface area contributed by atoms with E-state index >= 15 is 0 Å². The highest BCUT2D eigenvalue weighted by Gasteiger charge is 2.34. The number of hydrogen-bond donors (Lipinski definition) is 2. The summed E-state index contributed by atoms with van der Waals surface area (Å²) in [5.74, 6) is 0.310. The average molecular weight is 326 g/mol. The third kappa shape index (κ3) is 4.30. The molecule has 2 aromatic rings. The van der Waals surface area contributed by atoms with Gasteiger partial charge in [0.1, 0.15) is 0 Å². The minimum atomic E-state index is -0.0112. The quantitative estimate of drug-likeness (QED) is 0.852. The number of rotatable bonds is 6. The van der Waals surface area contributed by atoms with Gasteiger partial charge in [-0.1, -0.05) is 30.3 Å². The highest BCUT2D eigenvalue weighted by molar-refractivity contribution is 5.17. The lowest BCUT2D eigenvalue weighted by Crippen LogP contribution is -2.45. The average Bonchev–Trinajstić information content (AvgIpc) is 2.63. The largest absolute Gasteiger partial charge is 0.396 e. The van der Waals surface area contributed by atoms with Crippen molar-refractivity contribution in [1.29, 1.82) is 0 Å². The van der Waals surface area contributed by atoms with E-state index < -0.39 is 0 Å². The molecule has 24 heavy (non-hydrogen) atoms. The molecule has 0 radical (unpaired) electrons. The van der Waals surface area contributed by atoms with Crippen molar-refractivity contribution in [3.05, 3.63) is 53.9 Å². The zero-order chi connectivity index (χ0) is 16.8. The minimum Gasteiger partial charge on any atom is -0.396 e. The van der Waals surface area contributed by atoms with E-state index in [1.807, 2.05) is 6.07 Å². The van der Waals surface area contributed by atoms with E-state index in [1.165, 1.54) is 5.56 Å². The predicted molar refractivity (Wildman–Crippen MR) is 95.2 cm³/mol. The number of anilines is 1. The van der Waals surface area contributed by atoms with Gasteiger partial charge in [-0.2, -0.15) is 0 Å². The van der Waals surface area contributed by atoms with Crippen LogP contribution in [0.5, 0.6) is 0 Å². The van der Waals surface area contributed by atoms with Crippen LogP contribution < -0.4 is 5.73 Å². The van der Waals surface area contributed by atoms with Crippen LogP contribution in [0, 0.1) is 5.41 Å². The van der Waals surface area contributed by atoms with Crippen molar-refractivity contribution in [2.45, 2.75) is 32.2 Å². The van der Waals surface area contributed by atoms with Crippen LogP contribution in [0.25, 0.3) is 0 Å². The maximum Gasteiger partial charge on any atom is 0.219 e. The van der Waals surface area contributed by atoms with Gasteiger partial charge >= 0.3 is 0 Å². The zero-order valence-corrected chi connectivity index (χ0v) is 14.1. The normalized spacial score (nSPS) is 21.7. The van der Waals surface area contributed by atoms with Gasteiger partial charge in [0.25, 0.3) is 0 Å². The molecule has 128 valence electrons. The summed E-state index contributed by atoms with van der Waals surface area (Å²) < 4.78 is 0. The van der Waals surface area contributed by atoms with E-state index in [-0.39, 0.29) is 12.0 Å². The molecule has 3 N–H and O–H groups in total. The smallest absolute Gasteiger partial charge is 0.219 e. The Labute approximate surface area is 143 Å². The summed E-state index contributed by atoms with van der Waals surface area (Å²) in [5.41, 5.74) is 7.95. The molecular weight excluding hydrogens is 300 g/mol. The molecule has 0 bridgehead atoms. The lowest BCUT2D eigenvalue weighted by molar-refractivity contribution is 0.0223.